The minimum atomic E-state index is -3.48. The van der Waals surface area contributed by atoms with Crippen molar-refractivity contribution in [2.75, 3.05) is 31.3 Å². The lowest BCUT2D eigenvalue weighted by molar-refractivity contribution is -0.131. The number of rotatable bonds is 8. The first-order chi connectivity index (χ1) is 12.2. The Balaban J connectivity index is 2.00. The minimum absolute atomic E-state index is 0.0677. The molecule has 0 heterocycles. The standard InChI is InChI=1S/C18H27ClN2O4S/c1-20(14-7-4-5-8-14)18(22)9-6-12-21(26(3,23)24)15-10-11-17(25-2)16(19)13-15/h10-11,13-14H,4-9,12H2,1-3H3. The van der Waals surface area contributed by atoms with Gasteiger partial charge < -0.3 is 9.64 Å². The number of sulfonamides is 1. The number of hydrogen-bond donors (Lipinski definition) is 0. The zero-order valence-corrected chi connectivity index (χ0v) is 17.1. The molecule has 26 heavy (non-hydrogen) atoms. The molecule has 0 unspecified atom stereocenters. The zero-order valence-electron chi connectivity index (χ0n) is 15.6. The topological polar surface area (TPSA) is 66.9 Å². The third-order valence-corrected chi connectivity index (χ3v) is 6.33. The summed E-state index contributed by atoms with van der Waals surface area (Å²) in [5, 5.41) is 0.343. The molecule has 6 nitrogen and oxygen atoms in total. The fourth-order valence-corrected chi connectivity index (χ4v) is 4.55. The average Bonchev–Trinajstić information content (AvgIpc) is 3.11. The predicted octanol–water partition coefficient (Wildman–Crippen LogP) is 3.30. The van der Waals surface area contributed by atoms with Gasteiger partial charge in [0, 0.05) is 26.1 Å². The Morgan fingerprint density at radius 2 is 1.96 bits per heavy atom. The zero-order chi connectivity index (χ0) is 19.3. The summed E-state index contributed by atoms with van der Waals surface area (Å²) in [5.74, 6) is 0.551. The summed E-state index contributed by atoms with van der Waals surface area (Å²) in [6, 6.07) is 5.18. The molecule has 8 heteroatoms. The summed E-state index contributed by atoms with van der Waals surface area (Å²) >= 11 is 6.12. The number of benzene rings is 1. The van der Waals surface area contributed by atoms with Gasteiger partial charge in [-0.15, -0.1) is 0 Å². The quantitative estimate of drug-likeness (QED) is 0.669. The Morgan fingerprint density at radius 1 is 1.31 bits per heavy atom. The molecule has 1 aliphatic rings. The molecular weight excluding hydrogens is 376 g/mol. The van der Waals surface area contributed by atoms with Crippen LogP contribution in [0.4, 0.5) is 5.69 Å². The number of nitrogens with zero attached hydrogens (tertiary/aromatic N) is 2. The van der Waals surface area contributed by atoms with Gasteiger partial charge >= 0.3 is 0 Å². The van der Waals surface area contributed by atoms with Crippen molar-refractivity contribution in [3.8, 4) is 5.75 Å². The maximum Gasteiger partial charge on any atom is 0.232 e. The van der Waals surface area contributed by atoms with E-state index in [9.17, 15) is 13.2 Å². The normalized spacial score (nSPS) is 15.1. The number of methoxy groups -OCH3 is 1. The predicted molar refractivity (Wildman–Crippen MR) is 104 cm³/mol. The molecule has 0 aromatic heterocycles. The number of anilines is 1. The van der Waals surface area contributed by atoms with Crippen LogP contribution in [0.2, 0.25) is 5.02 Å². The first-order valence-corrected chi connectivity index (χ1v) is 11.0. The molecule has 1 aliphatic carbocycles. The maximum atomic E-state index is 12.4. The van der Waals surface area contributed by atoms with Crippen LogP contribution in [0.25, 0.3) is 0 Å². The van der Waals surface area contributed by atoms with E-state index >= 15 is 0 Å². The first-order valence-electron chi connectivity index (χ1n) is 8.81. The Bertz CT molecular complexity index is 733. The van der Waals surface area contributed by atoms with E-state index in [1.54, 1.807) is 18.2 Å². The van der Waals surface area contributed by atoms with Crippen LogP contribution in [0.15, 0.2) is 18.2 Å². The summed E-state index contributed by atoms with van der Waals surface area (Å²) in [5.41, 5.74) is 0.467. The number of halogens is 1. The van der Waals surface area contributed by atoms with Crippen LogP contribution >= 0.6 is 11.6 Å². The molecule has 0 bridgehead atoms. The van der Waals surface area contributed by atoms with Crippen molar-refractivity contribution >= 4 is 33.2 Å². The number of ether oxygens (including phenoxy) is 1. The molecule has 2 rings (SSSR count). The molecule has 1 fully saturated rings. The third kappa shape index (κ3) is 5.27. The van der Waals surface area contributed by atoms with E-state index in [4.69, 9.17) is 16.3 Å². The van der Waals surface area contributed by atoms with Crippen molar-refractivity contribution in [1.29, 1.82) is 0 Å². The van der Waals surface area contributed by atoms with Gasteiger partial charge in [-0.2, -0.15) is 0 Å². The Hall–Kier alpha value is -1.47. The van der Waals surface area contributed by atoms with Crippen LogP contribution in [0.5, 0.6) is 5.75 Å². The number of carbonyl (C=O) groups excluding carboxylic acids is 1. The van der Waals surface area contributed by atoms with E-state index in [0.717, 1.165) is 19.1 Å². The summed E-state index contributed by atoms with van der Waals surface area (Å²) in [6.45, 7) is 0.228. The molecule has 0 aliphatic heterocycles. The van der Waals surface area contributed by atoms with Crippen molar-refractivity contribution in [2.24, 2.45) is 0 Å². The van der Waals surface area contributed by atoms with Crippen LogP contribution in [-0.2, 0) is 14.8 Å². The van der Waals surface area contributed by atoms with Crippen LogP contribution in [0.3, 0.4) is 0 Å². The second-order valence-electron chi connectivity index (χ2n) is 6.70. The van der Waals surface area contributed by atoms with Gasteiger partial charge in [-0.25, -0.2) is 8.42 Å². The lowest BCUT2D eigenvalue weighted by atomic mass is 10.2. The number of hydrogen-bond acceptors (Lipinski definition) is 4. The van der Waals surface area contributed by atoms with E-state index < -0.39 is 10.0 Å². The molecule has 0 saturated heterocycles. The van der Waals surface area contributed by atoms with Crippen molar-refractivity contribution in [2.45, 2.75) is 44.6 Å². The Kier molecular flexibility index (Phi) is 7.17. The maximum absolute atomic E-state index is 12.4. The van der Waals surface area contributed by atoms with Crippen molar-refractivity contribution in [3.63, 3.8) is 0 Å². The van der Waals surface area contributed by atoms with Gasteiger partial charge in [0.05, 0.1) is 24.1 Å². The highest BCUT2D eigenvalue weighted by molar-refractivity contribution is 7.92. The van der Waals surface area contributed by atoms with Crippen LogP contribution in [-0.4, -0.2) is 52.2 Å². The summed E-state index contributed by atoms with van der Waals surface area (Å²) < 4.78 is 30.7. The molecule has 0 N–H and O–H groups in total. The lowest BCUT2D eigenvalue weighted by Gasteiger charge is -2.26. The van der Waals surface area contributed by atoms with E-state index in [0.29, 0.717) is 35.3 Å². The van der Waals surface area contributed by atoms with Gasteiger partial charge in [0.2, 0.25) is 15.9 Å². The monoisotopic (exact) mass is 402 g/mol. The SMILES string of the molecule is COc1ccc(N(CCCC(=O)N(C)C2CCCC2)S(C)(=O)=O)cc1Cl. The van der Waals surface area contributed by atoms with Gasteiger partial charge in [0.15, 0.2) is 0 Å². The molecule has 1 saturated carbocycles. The van der Waals surface area contributed by atoms with Crippen molar-refractivity contribution in [3.05, 3.63) is 23.2 Å². The van der Waals surface area contributed by atoms with E-state index in [1.807, 2.05) is 11.9 Å². The fraction of sp³-hybridized carbons (Fsp3) is 0.611. The van der Waals surface area contributed by atoms with E-state index in [-0.39, 0.29) is 12.5 Å². The molecule has 0 radical (unpaired) electrons. The Labute approximate surface area is 161 Å². The molecule has 1 amide bonds. The Morgan fingerprint density at radius 3 is 2.50 bits per heavy atom. The largest absolute Gasteiger partial charge is 0.495 e. The molecule has 1 aromatic carbocycles. The summed E-state index contributed by atoms with van der Waals surface area (Å²) in [7, 11) is -0.134. The van der Waals surface area contributed by atoms with Crippen LogP contribution < -0.4 is 9.04 Å². The van der Waals surface area contributed by atoms with E-state index in [2.05, 4.69) is 0 Å². The van der Waals surface area contributed by atoms with Gasteiger partial charge in [-0.3, -0.25) is 9.10 Å². The summed E-state index contributed by atoms with van der Waals surface area (Å²) in [6.07, 6.45) is 6.38. The highest BCUT2D eigenvalue weighted by atomic mass is 35.5. The molecular formula is C18H27ClN2O4S. The van der Waals surface area contributed by atoms with Gasteiger partial charge in [0.1, 0.15) is 5.75 Å². The van der Waals surface area contributed by atoms with Gasteiger partial charge in [-0.05, 0) is 37.5 Å². The van der Waals surface area contributed by atoms with Crippen molar-refractivity contribution in [1.82, 2.24) is 4.90 Å². The molecule has 0 spiro atoms. The van der Waals surface area contributed by atoms with Crippen molar-refractivity contribution < 1.29 is 17.9 Å². The molecule has 1 aromatic rings. The van der Waals surface area contributed by atoms with Gasteiger partial charge in [-0.1, -0.05) is 24.4 Å². The highest BCUT2D eigenvalue weighted by Crippen LogP contribution is 2.30. The number of carbonyl (C=O) groups is 1. The van der Waals surface area contributed by atoms with Gasteiger partial charge in [0.25, 0.3) is 0 Å². The van der Waals surface area contributed by atoms with E-state index in [1.165, 1.54) is 24.3 Å². The average molecular weight is 403 g/mol. The highest BCUT2D eigenvalue weighted by Gasteiger charge is 2.24. The smallest absolute Gasteiger partial charge is 0.232 e. The summed E-state index contributed by atoms with van der Waals surface area (Å²) in [4.78, 5) is 14.2. The third-order valence-electron chi connectivity index (χ3n) is 4.84. The van der Waals surface area contributed by atoms with Crippen LogP contribution in [0.1, 0.15) is 38.5 Å². The first kappa shape index (κ1) is 20.8. The number of amides is 1. The second-order valence-corrected chi connectivity index (χ2v) is 9.01. The molecule has 0 atom stereocenters. The van der Waals surface area contributed by atoms with Crippen LogP contribution in [0, 0.1) is 0 Å². The molecule has 146 valence electrons. The second kappa shape index (κ2) is 8.95. The lowest BCUT2D eigenvalue weighted by Crippen LogP contribution is -2.36. The minimum Gasteiger partial charge on any atom is -0.495 e. The fourth-order valence-electron chi connectivity index (χ4n) is 3.34.